The van der Waals surface area contributed by atoms with Crippen LogP contribution in [-0.2, 0) is 26.2 Å². The molecule has 0 bridgehead atoms. The first-order chi connectivity index (χ1) is 18.6. The fourth-order valence-corrected chi connectivity index (χ4v) is 5.91. The van der Waals surface area contributed by atoms with E-state index in [2.05, 4.69) is 5.32 Å². The Morgan fingerprint density at radius 3 is 2.10 bits per heavy atom. The van der Waals surface area contributed by atoms with Crippen LogP contribution < -0.4 is 9.62 Å². The molecule has 0 fully saturated rings. The van der Waals surface area contributed by atoms with Gasteiger partial charge in [-0.3, -0.25) is 13.9 Å². The molecule has 0 aliphatic carbocycles. The average molecular weight is 611 g/mol. The van der Waals surface area contributed by atoms with E-state index in [0.717, 1.165) is 17.1 Å². The minimum atomic E-state index is -4.16. The van der Waals surface area contributed by atoms with Crippen LogP contribution >= 0.6 is 34.8 Å². The molecular weight excluding hydrogens is 581 g/mol. The molecule has 0 radical (unpaired) electrons. The van der Waals surface area contributed by atoms with E-state index in [0.29, 0.717) is 27.2 Å². The molecule has 11 heteroatoms. The second kappa shape index (κ2) is 14.0. The predicted octanol–water partition coefficient (Wildman–Crippen LogP) is 6.18. The Labute approximate surface area is 244 Å². The van der Waals surface area contributed by atoms with Crippen LogP contribution in [0.1, 0.15) is 32.3 Å². The smallest absolute Gasteiger partial charge is 0.264 e. The van der Waals surface area contributed by atoms with Gasteiger partial charge < -0.3 is 10.2 Å². The number of unbranched alkanes of at least 4 members (excludes halogenated alkanes) is 1. The number of carbonyl (C=O) groups is 2. The van der Waals surface area contributed by atoms with Crippen molar-refractivity contribution in [2.75, 3.05) is 17.4 Å². The fraction of sp³-hybridized carbons (Fsp3) is 0.286. The van der Waals surface area contributed by atoms with Gasteiger partial charge in [0.15, 0.2) is 0 Å². The standard InChI is InChI=1S/C28H30Cl3N3O4S/c1-3-4-17-32-28(36)20(2)33(18-24-25(30)11-8-12-26(24)31)27(35)19-34(22-15-13-21(29)14-16-22)39(37,38)23-9-6-5-7-10-23/h5-16,20H,3-4,17-19H2,1-2H3,(H,32,36)/t20-/m1/s1. The van der Waals surface area contributed by atoms with Crippen molar-refractivity contribution in [3.63, 3.8) is 0 Å². The van der Waals surface area contributed by atoms with Crippen LogP contribution in [-0.4, -0.2) is 44.3 Å². The molecule has 0 saturated heterocycles. The Balaban J connectivity index is 2.02. The Morgan fingerprint density at radius 2 is 1.51 bits per heavy atom. The third-order valence-electron chi connectivity index (χ3n) is 6.11. The summed E-state index contributed by atoms with van der Waals surface area (Å²) < 4.78 is 28.4. The predicted molar refractivity (Wildman–Crippen MR) is 157 cm³/mol. The second-order valence-corrected chi connectivity index (χ2v) is 12.0. The lowest BCUT2D eigenvalue weighted by Crippen LogP contribution is -2.51. The van der Waals surface area contributed by atoms with Crippen molar-refractivity contribution in [3.8, 4) is 0 Å². The third kappa shape index (κ3) is 7.88. The van der Waals surface area contributed by atoms with Crippen molar-refractivity contribution in [1.82, 2.24) is 10.2 Å². The molecular formula is C28H30Cl3N3O4S. The maximum Gasteiger partial charge on any atom is 0.264 e. The van der Waals surface area contributed by atoms with E-state index in [1.165, 1.54) is 29.2 Å². The number of rotatable bonds is 12. The van der Waals surface area contributed by atoms with Crippen molar-refractivity contribution < 1.29 is 18.0 Å². The molecule has 2 amide bonds. The van der Waals surface area contributed by atoms with Crippen LogP contribution in [0, 0.1) is 0 Å². The number of nitrogens with one attached hydrogen (secondary N) is 1. The van der Waals surface area contributed by atoms with Crippen molar-refractivity contribution in [3.05, 3.63) is 93.4 Å². The van der Waals surface area contributed by atoms with Gasteiger partial charge in [-0.05, 0) is 61.9 Å². The van der Waals surface area contributed by atoms with E-state index >= 15 is 0 Å². The molecule has 0 aliphatic heterocycles. The quantitative estimate of drug-likeness (QED) is 0.248. The highest BCUT2D eigenvalue weighted by Gasteiger charge is 2.33. The molecule has 1 N–H and O–H groups in total. The van der Waals surface area contributed by atoms with Crippen molar-refractivity contribution in [2.24, 2.45) is 0 Å². The molecule has 3 aromatic carbocycles. The van der Waals surface area contributed by atoms with Gasteiger partial charge in [0.2, 0.25) is 11.8 Å². The topological polar surface area (TPSA) is 86.8 Å². The molecule has 0 saturated carbocycles. The highest BCUT2D eigenvalue weighted by molar-refractivity contribution is 7.92. The molecule has 3 aromatic rings. The number of sulfonamides is 1. The summed E-state index contributed by atoms with van der Waals surface area (Å²) in [6, 6.07) is 17.9. The van der Waals surface area contributed by atoms with Crippen LogP contribution in [0.4, 0.5) is 5.69 Å². The molecule has 1 atom stereocenters. The number of hydrogen-bond acceptors (Lipinski definition) is 4. The van der Waals surface area contributed by atoms with Crippen LogP contribution in [0.15, 0.2) is 77.7 Å². The maximum absolute atomic E-state index is 13.9. The van der Waals surface area contributed by atoms with E-state index in [9.17, 15) is 18.0 Å². The first-order valence-corrected chi connectivity index (χ1v) is 15.0. The van der Waals surface area contributed by atoms with E-state index in [1.807, 2.05) is 6.92 Å². The summed E-state index contributed by atoms with van der Waals surface area (Å²) >= 11 is 18.8. The van der Waals surface area contributed by atoms with E-state index < -0.39 is 28.5 Å². The van der Waals surface area contributed by atoms with Gasteiger partial charge in [0.25, 0.3) is 10.0 Å². The average Bonchev–Trinajstić information content (AvgIpc) is 2.92. The first-order valence-electron chi connectivity index (χ1n) is 12.4. The number of hydrogen-bond donors (Lipinski definition) is 1. The summed E-state index contributed by atoms with van der Waals surface area (Å²) in [5.74, 6) is -0.984. The third-order valence-corrected chi connectivity index (χ3v) is 8.86. The van der Waals surface area contributed by atoms with Gasteiger partial charge in [0.1, 0.15) is 12.6 Å². The summed E-state index contributed by atoms with van der Waals surface area (Å²) in [5, 5.41) is 3.90. The largest absolute Gasteiger partial charge is 0.354 e. The summed E-state index contributed by atoms with van der Waals surface area (Å²) in [4.78, 5) is 28.2. The molecule has 208 valence electrons. The zero-order valence-electron chi connectivity index (χ0n) is 21.6. The molecule has 0 spiro atoms. The van der Waals surface area contributed by atoms with Crippen LogP contribution in [0.3, 0.4) is 0 Å². The van der Waals surface area contributed by atoms with Crippen molar-refractivity contribution in [2.45, 2.75) is 44.2 Å². The lowest BCUT2D eigenvalue weighted by molar-refractivity contribution is -0.139. The zero-order chi connectivity index (χ0) is 28.6. The number of nitrogens with zero attached hydrogens (tertiary/aromatic N) is 2. The zero-order valence-corrected chi connectivity index (χ0v) is 24.7. The van der Waals surface area contributed by atoms with Crippen LogP contribution in [0.25, 0.3) is 0 Å². The van der Waals surface area contributed by atoms with E-state index in [-0.39, 0.29) is 23.0 Å². The van der Waals surface area contributed by atoms with Gasteiger partial charge in [-0.25, -0.2) is 8.42 Å². The molecule has 3 rings (SSSR count). The summed E-state index contributed by atoms with van der Waals surface area (Å²) in [6.45, 7) is 3.37. The lowest BCUT2D eigenvalue weighted by Gasteiger charge is -2.32. The number of halogens is 3. The lowest BCUT2D eigenvalue weighted by atomic mass is 10.1. The molecule has 0 unspecified atom stereocenters. The highest BCUT2D eigenvalue weighted by atomic mass is 35.5. The number of anilines is 1. The minimum absolute atomic E-state index is 0.0128. The van der Waals surface area contributed by atoms with Gasteiger partial charge in [-0.15, -0.1) is 0 Å². The van der Waals surface area contributed by atoms with Gasteiger partial charge in [-0.1, -0.05) is 72.4 Å². The Kier molecular flexibility index (Phi) is 11.1. The number of carbonyl (C=O) groups excluding carboxylic acids is 2. The maximum atomic E-state index is 13.9. The summed E-state index contributed by atoms with van der Waals surface area (Å²) in [5.41, 5.74) is 0.693. The molecule has 0 aliphatic rings. The van der Waals surface area contributed by atoms with E-state index in [1.54, 1.807) is 55.5 Å². The SMILES string of the molecule is CCCCNC(=O)[C@@H](C)N(Cc1c(Cl)cccc1Cl)C(=O)CN(c1ccc(Cl)cc1)S(=O)(=O)c1ccccc1. The summed E-state index contributed by atoms with van der Waals surface area (Å²) in [6.07, 6.45) is 1.67. The first kappa shape index (κ1) is 30.8. The van der Waals surface area contributed by atoms with Crippen LogP contribution in [0.2, 0.25) is 15.1 Å². The Hall–Kier alpha value is -2.78. The monoisotopic (exact) mass is 609 g/mol. The Morgan fingerprint density at radius 1 is 0.897 bits per heavy atom. The van der Waals surface area contributed by atoms with Crippen molar-refractivity contribution in [1.29, 1.82) is 0 Å². The van der Waals surface area contributed by atoms with E-state index in [4.69, 9.17) is 34.8 Å². The molecule has 0 heterocycles. The Bertz CT molecular complexity index is 1370. The molecule has 0 aromatic heterocycles. The summed E-state index contributed by atoms with van der Waals surface area (Å²) in [7, 11) is -4.16. The van der Waals surface area contributed by atoms with Gasteiger partial charge >= 0.3 is 0 Å². The second-order valence-electron chi connectivity index (χ2n) is 8.84. The fourth-order valence-electron chi connectivity index (χ4n) is 3.83. The number of benzene rings is 3. The van der Waals surface area contributed by atoms with Crippen LogP contribution in [0.5, 0.6) is 0 Å². The highest BCUT2D eigenvalue weighted by Crippen LogP contribution is 2.28. The number of amides is 2. The van der Waals surface area contributed by atoms with Crippen molar-refractivity contribution >= 4 is 62.3 Å². The normalized spacial score (nSPS) is 12.0. The van der Waals surface area contributed by atoms with Gasteiger partial charge in [0.05, 0.1) is 10.6 Å². The van der Waals surface area contributed by atoms with Gasteiger partial charge in [0, 0.05) is 33.7 Å². The molecule has 7 nitrogen and oxygen atoms in total. The molecule has 39 heavy (non-hydrogen) atoms. The minimum Gasteiger partial charge on any atom is -0.354 e. The van der Waals surface area contributed by atoms with Gasteiger partial charge in [-0.2, -0.15) is 0 Å².